The fraction of sp³-hybridized carbons (Fsp3) is 0.375. The van der Waals surface area contributed by atoms with Gasteiger partial charge in [-0.2, -0.15) is 0 Å². The van der Waals surface area contributed by atoms with Crippen molar-refractivity contribution in [2.45, 2.75) is 32.7 Å². The number of piperidine rings is 1. The van der Waals surface area contributed by atoms with Gasteiger partial charge in [-0.1, -0.05) is 17.3 Å². The number of pyridine rings is 1. The minimum absolute atomic E-state index is 0.224. The van der Waals surface area contributed by atoms with Gasteiger partial charge in [0.2, 0.25) is 0 Å². The first-order valence-electron chi connectivity index (χ1n) is 10.6. The lowest BCUT2D eigenvalue weighted by Gasteiger charge is -2.40. The maximum Gasteiger partial charge on any atom is 0.313 e. The first-order chi connectivity index (χ1) is 15.1. The number of carbonyl (C=O) groups excluding carboxylic acids is 1. The number of benzene rings is 1. The van der Waals surface area contributed by atoms with Crippen molar-refractivity contribution in [2.24, 2.45) is 5.41 Å². The van der Waals surface area contributed by atoms with Crippen LogP contribution in [0.25, 0.3) is 11.3 Å². The number of esters is 1. The third-order valence-corrected chi connectivity index (χ3v) is 5.74. The monoisotopic (exact) mass is 423 g/mol. The Labute approximate surface area is 181 Å². The summed E-state index contributed by atoms with van der Waals surface area (Å²) in [6, 6.07) is 12.1. The smallest absolute Gasteiger partial charge is 0.313 e. The molecule has 1 aliphatic heterocycles. The molecular weight excluding hydrogens is 397 g/mol. The van der Waals surface area contributed by atoms with Crippen molar-refractivity contribution in [2.75, 3.05) is 19.7 Å². The van der Waals surface area contributed by atoms with E-state index in [4.69, 9.17) is 9.26 Å². The summed E-state index contributed by atoms with van der Waals surface area (Å²) < 4.78 is 25.1. The number of hydrogen-bond donors (Lipinski definition) is 0. The van der Waals surface area contributed by atoms with Crippen LogP contribution in [0.2, 0.25) is 0 Å². The average Bonchev–Trinajstić information content (AvgIpc) is 3.23. The molecule has 1 fully saturated rings. The standard InChI is InChI=1S/C24H26FN3O3/c1-2-30-23(29)24(10-5-13-28(17-24)16-18-8-11-26-12-9-18)15-19-14-22(27-31-19)20-6-3-4-7-21(20)25/h3-4,6-9,11-12,14H,2,5,10,13,15-17H2,1H3/t24-/m1/s1. The quantitative estimate of drug-likeness (QED) is 0.529. The zero-order valence-electron chi connectivity index (χ0n) is 17.6. The van der Waals surface area contributed by atoms with Gasteiger partial charge in [0.15, 0.2) is 0 Å². The number of nitrogens with zero attached hydrogens (tertiary/aromatic N) is 3. The number of rotatable bonds is 7. The van der Waals surface area contributed by atoms with Crippen LogP contribution in [0.4, 0.5) is 4.39 Å². The normalized spacial score (nSPS) is 19.3. The Morgan fingerprint density at radius 3 is 2.84 bits per heavy atom. The molecule has 6 nitrogen and oxygen atoms in total. The van der Waals surface area contributed by atoms with Gasteiger partial charge in [0.25, 0.3) is 0 Å². The molecule has 0 unspecified atom stereocenters. The van der Waals surface area contributed by atoms with Crippen LogP contribution < -0.4 is 0 Å². The minimum atomic E-state index is -0.729. The Morgan fingerprint density at radius 2 is 2.06 bits per heavy atom. The van der Waals surface area contributed by atoms with Gasteiger partial charge in [0.05, 0.1) is 12.0 Å². The maximum absolute atomic E-state index is 14.1. The first kappa shape index (κ1) is 21.2. The van der Waals surface area contributed by atoms with Crippen molar-refractivity contribution in [3.8, 4) is 11.3 Å². The van der Waals surface area contributed by atoms with Crippen molar-refractivity contribution >= 4 is 5.97 Å². The Balaban J connectivity index is 1.56. The molecule has 4 rings (SSSR count). The van der Waals surface area contributed by atoms with E-state index in [9.17, 15) is 9.18 Å². The van der Waals surface area contributed by atoms with E-state index < -0.39 is 5.41 Å². The lowest BCUT2D eigenvalue weighted by molar-refractivity contribution is -0.159. The molecule has 2 aromatic heterocycles. The number of carbonyl (C=O) groups is 1. The second kappa shape index (κ2) is 9.39. The summed E-state index contributed by atoms with van der Waals surface area (Å²) in [5, 5.41) is 4.05. The summed E-state index contributed by atoms with van der Waals surface area (Å²) in [5.74, 6) is -0.0287. The van der Waals surface area contributed by atoms with Crippen molar-refractivity contribution in [3.05, 3.63) is 72.0 Å². The number of likely N-dealkylation sites (tertiary alicyclic amines) is 1. The molecule has 0 aliphatic carbocycles. The van der Waals surface area contributed by atoms with E-state index in [1.165, 1.54) is 6.07 Å². The van der Waals surface area contributed by atoms with E-state index >= 15 is 0 Å². The molecule has 0 bridgehead atoms. The Bertz CT molecular complexity index is 1020. The van der Waals surface area contributed by atoms with Gasteiger partial charge in [-0.25, -0.2) is 4.39 Å². The average molecular weight is 423 g/mol. The molecule has 3 aromatic rings. The summed E-state index contributed by atoms with van der Waals surface area (Å²) >= 11 is 0. The SMILES string of the molecule is CCOC(=O)[C@@]1(Cc2cc(-c3ccccc3F)no2)CCCN(Cc2ccncc2)C1. The molecule has 0 amide bonds. The van der Waals surface area contributed by atoms with Crippen molar-refractivity contribution < 1.29 is 18.4 Å². The summed E-state index contributed by atoms with van der Waals surface area (Å²) in [4.78, 5) is 19.4. The fourth-order valence-electron chi connectivity index (χ4n) is 4.30. The summed E-state index contributed by atoms with van der Waals surface area (Å²) in [7, 11) is 0. The second-order valence-electron chi connectivity index (χ2n) is 8.01. The van der Waals surface area contributed by atoms with E-state index in [-0.39, 0.29) is 11.8 Å². The zero-order valence-corrected chi connectivity index (χ0v) is 17.6. The summed E-state index contributed by atoms with van der Waals surface area (Å²) in [5.41, 5.74) is 1.23. The first-order valence-corrected chi connectivity index (χ1v) is 10.6. The minimum Gasteiger partial charge on any atom is -0.466 e. The highest BCUT2D eigenvalue weighted by Gasteiger charge is 2.44. The molecule has 1 saturated heterocycles. The van der Waals surface area contributed by atoms with Crippen LogP contribution in [0, 0.1) is 11.2 Å². The van der Waals surface area contributed by atoms with Crippen LogP contribution in [-0.2, 0) is 22.5 Å². The van der Waals surface area contributed by atoms with Gasteiger partial charge in [-0.05, 0) is 56.1 Å². The summed E-state index contributed by atoms with van der Waals surface area (Å²) in [6.07, 6.45) is 5.49. The molecule has 0 spiro atoms. The highest BCUT2D eigenvalue weighted by molar-refractivity contribution is 5.77. The topological polar surface area (TPSA) is 68.5 Å². The predicted molar refractivity (Wildman–Crippen MR) is 113 cm³/mol. The molecule has 0 saturated carbocycles. The van der Waals surface area contributed by atoms with Gasteiger partial charge in [0.1, 0.15) is 17.3 Å². The van der Waals surface area contributed by atoms with Crippen LogP contribution in [-0.4, -0.2) is 40.7 Å². The van der Waals surface area contributed by atoms with Gasteiger partial charge in [0, 0.05) is 43.5 Å². The van der Waals surface area contributed by atoms with Crippen LogP contribution in [0.5, 0.6) is 0 Å². The molecule has 162 valence electrons. The third kappa shape index (κ3) is 4.82. The van der Waals surface area contributed by atoms with Crippen LogP contribution in [0.1, 0.15) is 31.1 Å². The van der Waals surface area contributed by atoms with Crippen molar-refractivity contribution in [1.29, 1.82) is 0 Å². The number of aromatic nitrogens is 2. The molecule has 31 heavy (non-hydrogen) atoms. The third-order valence-electron chi connectivity index (χ3n) is 5.74. The largest absolute Gasteiger partial charge is 0.466 e. The van der Waals surface area contributed by atoms with Crippen molar-refractivity contribution in [1.82, 2.24) is 15.0 Å². The molecule has 1 aliphatic rings. The van der Waals surface area contributed by atoms with Crippen LogP contribution in [0.15, 0.2) is 59.4 Å². The lowest BCUT2D eigenvalue weighted by Crippen LogP contribution is -2.49. The highest BCUT2D eigenvalue weighted by Crippen LogP contribution is 2.37. The van der Waals surface area contributed by atoms with E-state index in [1.54, 1.807) is 36.7 Å². The van der Waals surface area contributed by atoms with Gasteiger partial charge < -0.3 is 9.26 Å². The van der Waals surface area contributed by atoms with Gasteiger partial charge in [-0.3, -0.25) is 14.7 Å². The Hall–Kier alpha value is -3.06. The van der Waals surface area contributed by atoms with E-state index in [2.05, 4.69) is 15.0 Å². The van der Waals surface area contributed by atoms with Crippen LogP contribution in [0.3, 0.4) is 0 Å². The molecule has 0 radical (unpaired) electrons. The number of halogens is 1. The van der Waals surface area contributed by atoms with Gasteiger partial charge in [-0.15, -0.1) is 0 Å². The maximum atomic E-state index is 14.1. The van der Waals surface area contributed by atoms with Crippen LogP contribution >= 0.6 is 0 Å². The fourth-order valence-corrected chi connectivity index (χ4v) is 4.30. The van der Waals surface area contributed by atoms with Crippen molar-refractivity contribution in [3.63, 3.8) is 0 Å². The second-order valence-corrected chi connectivity index (χ2v) is 8.01. The molecule has 3 heterocycles. The zero-order chi connectivity index (χ0) is 21.7. The van der Waals surface area contributed by atoms with E-state index in [0.29, 0.717) is 43.0 Å². The summed E-state index contributed by atoms with van der Waals surface area (Å²) in [6.45, 7) is 4.33. The molecule has 7 heteroatoms. The predicted octanol–water partition coefficient (Wildman–Crippen LogP) is 4.26. The number of hydrogen-bond acceptors (Lipinski definition) is 6. The number of ether oxygens (including phenoxy) is 1. The molecule has 1 aromatic carbocycles. The van der Waals surface area contributed by atoms with E-state index in [0.717, 1.165) is 25.1 Å². The Morgan fingerprint density at radius 1 is 1.26 bits per heavy atom. The highest BCUT2D eigenvalue weighted by atomic mass is 19.1. The lowest BCUT2D eigenvalue weighted by atomic mass is 9.76. The molecular formula is C24H26FN3O3. The van der Waals surface area contributed by atoms with Gasteiger partial charge >= 0.3 is 5.97 Å². The molecule has 1 atom stereocenters. The Kier molecular flexibility index (Phi) is 6.42. The molecule has 0 N–H and O–H groups in total. The van der Waals surface area contributed by atoms with E-state index in [1.807, 2.05) is 19.1 Å².